The number of nitrogens with zero attached hydrogens (tertiary/aromatic N) is 3. The van der Waals surface area contributed by atoms with Gasteiger partial charge in [0.1, 0.15) is 11.2 Å². The Morgan fingerprint density at radius 1 is 1.13 bits per heavy atom. The Kier molecular flexibility index (Phi) is 3.66. The maximum Gasteiger partial charge on any atom is 0.308 e. The molecular weight excluding hydrogens is 392 g/mol. The summed E-state index contributed by atoms with van der Waals surface area (Å²) in [5, 5.41) is 20.2. The maximum atomic E-state index is 14.6. The molecule has 4 aliphatic rings. The highest BCUT2D eigenvalue weighted by atomic mass is 19.1. The van der Waals surface area contributed by atoms with Gasteiger partial charge in [0.05, 0.1) is 12.1 Å². The molecular formula is C21H19F2N5O2. The van der Waals surface area contributed by atoms with Gasteiger partial charge in [-0.05, 0) is 49.0 Å². The first kappa shape index (κ1) is 17.7. The Hall–Kier alpha value is -3.10. The number of aliphatic carboxylic acids is 1. The fourth-order valence-electron chi connectivity index (χ4n) is 5.91. The van der Waals surface area contributed by atoms with E-state index in [0.29, 0.717) is 22.9 Å². The lowest BCUT2D eigenvalue weighted by Gasteiger charge is -2.46. The van der Waals surface area contributed by atoms with E-state index in [2.05, 4.69) is 25.5 Å². The van der Waals surface area contributed by atoms with Crippen molar-refractivity contribution in [3.05, 3.63) is 36.0 Å². The molecule has 3 N–H and O–H groups in total. The van der Waals surface area contributed by atoms with Gasteiger partial charge in [0, 0.05) is 11.4 Å². The summed E-state index contributed by atoms with van der Waals surface area (Å²) in [6, 6.07) is 4.19. The van der Waals surface area contributed by atoms with Gasteiger partial charge in [-0.2, -0.15) is 5.10 Å². The molecule has 6 atom stereocenters. The minimum absolute atomic E-state index is 0.0276. The van der Waals surface area contributed by atoms with Crippen LogP contribution in [0.15, 0.2) is 24.4 Å². The second-order valence-electron chi connectivity index (χ2n) is 8.63. The van der Waals surface area contributed by atoms with E-state index in [9.17, 15) is 18.7 Å². The highest BCUT2D eigenvalue weighted by Gasteiger charge is 2.63. The van der Waals surface area contributed by atoms with Crippen LogP contribution in [0.3, 0.4) is 0 Å². The number of nitrogens with one attached hydrogen (secondary N) is 2. The molecule has 7 rings (SSSR count). The van der Waals surface area contributed by atoms with Crippen LogP contribution in [-0.4, -0.2) is 37.3 Å². The van der Waals surface area contributed by atoms with Gasteiger partial charge in [0.2, 0.25) is 0 Å². The monoisotopic (exact) mass is 411 g/mol. The van der Waals surface area contributed by atoms with Crippen LogP contribution in [0, 0.1) is 41.2 Å². The SMILES string of the molecule is O=C(O)[C@H]1[C@@H]2CC[C@@H](C3C[C@H]32)[C@@H]1Nc1nc(-c2[nH]nc3c(F)cccc23)ncc1F. The fraction of sp³-hybridized carbons (Fsp3) is 0.429. The van der Waals surface area contributed by atoms with Crippen molar-refractivity contribution in [2.45, 2.75) is 25.3 Å². The summed E-state index contributed by atoms with van der Waals surface area (Å²) in [7, 11) is 0. The number of rotatable bonds is 4. The molecule has 2 aromatic heterocycles. The highest BCUT2D eigenvalue weighted by molar-refractivity contribution is 5.91. The van der Waals surface area contributed by atoms with Crippen molar-refractivity contribution < 1.29 is 18.7 Å². The molecule has 1 aromatic carbocycles. The first-order chi connectivity index (χ1) is 14.5. The number of carboxylic acid groups (broad SMARTS) is 1. The zero-order valence-electron chi connectivity index (χ0n) is 15.8. The van der Waals surface area contributed by atoms with Crippen molar-refractivity contribution >= 4 is 22.7 Å². The summed E-state index contributed by atoms with van der Waals surface area (Å²) in [6.07, 6.45) is 4.00. The molecule has 4 aliphatic carbocycles. The van der Waals surface area contributed by atoms with E-state index in [0.717, 1.165) is 25.5 Å². The molecule has 4 saturated carbocycles. The zero-order chi connectivity index (χ0) is 20.6. The van der Waals surface area contributed by atoms with Crippen molar-refractivity contribution in [1.82, 2.24) is 20.2 Å². The molecule has 2 bridgehead atoms. The number of aromatic amines is 1. The quantitative estimate of drug-likeness (QED) is 0.608. The Morgan fingerprint density at radius 3 is 2.77 bits per heavy atom. The number of hydrogen-bond donors (Lipinski definition) is 3. The van der Waals surface area contributed by atoms with Crippen LogP contribution in [-0.2, 0) is 4.79 Å². The molecule has 0 aliphatic heterocycles. The Morgan fingerprint density at radius 2 is 1.93 bits per heavy atom. The lowest BCUT2D eigenvalue weighted by Crippen LogP contribution is -2.53. The van der Waals surface area contributed by atoms with Crippen LogP contribution in [0.5, 0.6) is 0 Å². The number of para-hydroxylation sites is 1. The maximum absolute atomic E-state index is 14.6. The zero-order valence-corrected chi connectivity index (χ0v) is 15.8. The molecule has 0 radical (unpaired) electrons. The number of H-pyrrole nitrogens is 1. The van der Waals surface area contributed by atoms with E-state index in [-0.39, 0.29) is 35.0 Å². The van der Waals surface area contributed by atoms with Gasteiger partial charge in [-0.3, -0.25) is 9.89 Å². The molecule has 0 saturated heterocycles. The minimum Gasteiger partial charge on any atom is -0.481 e. The van der Waals surface area contributed by atoms with Crippen molar-refractivity contribution in [2.24, 2.45) is 29.6 Å². The van der Waals surface area contributed by atoms with Crippen molar-refractivity contribution in [2.75, 3.05) is 5.32 Å². The number of aromatic nitrogens is 4. The average molecular weight is 411 g/mol. The number of halogens is 2. The van der Waals surface area contributed by atoms with Crippen LogP contribution < -0.4 is 5.32 Å². The molecule has 30 heavy (non-hydrogen) atoms. The van der Waals surface area contributed by atoms with E-state index in [1.54, 1.807) is 12.1 Å². The summed E-state index contributed by atoms with van der Waals surface area (Å²) in [5.41, 5.74) is 0.542. The van der Waals surface area contributed by atoms with Crippen LogP contribution in [0.4, 0.5) is 14.6 Å². The van der Waals surface area contributed by atoms with Gasteiger partial charge in [0.15, 0.2) is 23.3 Å². The molecule has 2 heterocycles. The van der Waals surface area contributed by atoms with Crippen molar-refractivity contribution in [3.63, 3.8) is 0 Å². The number of anilines is 1. The molecule has 9 heteroatoms. The molecule has 0 spiro atoms. The second-order valence-corrected chi connectivity index (χ2v) is 8.63. The Balaban J connectivity index is 1.38. The van der Waals surface area contributed by atoms with Crippen LogP contribution in [0.2, 0.25) is 0 Å². The number of fused-ring (bicyclic) bond motifs is 3. The largest absolute Gasteiger partial charge is 0.481 e. The third-order valence-electron chi connectivity index (χ3n) is 7.23. The summed E-state index contributed by atoms with van der Waals surface area (Å²) in [4.78, 5) is 20.4. The topological polar surface area (TPSA) is 104 Å². The van der Waals surface area contributed by atoms with Crippen molar-refractivity contribution in [1.29, 1.82) is 0 Å². The predicted molar refractivity (Wildman–Crippen MR) is 103 cm³/mol. The standard InChI is InChI=1S/C21H19F2N5O2/c22-13-3-1-2-10-16(13)27-28-18(10)20-24-7-14(23)19(26-20)25-17-9-5-4-8(11-6-12(9)11)15(17)21(29)30/h1-3,7-9,11-12,15,17H,4-6H2,(H,27,28)(H,29,30)(H,24,25,26)/t8-,9+,11+,12?,15+,17+/m1/s1. The van der Waals surface area contributed by atoms with E-state index >= 15 is 0 Å². The van der Waals surface area contributed by atoms with E-state index in [1.807, 2.05) is 0 Å². The van der Waals surface area contributed by atoms with Crippen LogP contribution >= 0.6 is 0 Å². The minimum atomic E-state index is -0.836. The van der Waals surface area contributed by atoms with Crippen molar-refractivity contribution in [3.8, 4) is 11.5 Å². The van der Waals surface area contributed by atoms with Crippen LogP contribution in [0.25, 0.3) is 22.4 Å². The number of carboxylic acids is 1. The first-order valence-electron chi connectivity index (χ1n) is 10.2. The molecule has 3 aromatic rings. The van der Waals surface area contributed by atoms with E-state index < -0.39 is 23.5 Å². The third kappa shape index (κ3) is 2.47. The molecule has 4 fully saturated rings. The molecule has 154 valence electrons. The normalized spacial score (nSPS) is 31.5. The second kappa shape index (κ2) is 6.20. The predicted octanol–water partition coefficient (Wildman–Crippen LogP) is 3.46. The number of hydrogen-bond acceptors (Lipinski definition) is 5. The third-order valence-corrected chi connectivity index (χ3v) is 7.23. The van der Waals surface area contributed by atoms with E-state index in [4.69, 9.17) is 0 Å². The fourth-order valence-corrected chi connectivity index (χ4v) is 5.91. The molecule has 0 amide bonds. The number of carbonyl (C=O) groups is 1. The van der Waals surface area contributed by atoms with Gasteiger partial charge in [-0.1, -0.05) is 12.1 Å². The van der Waals surface area contributed by atoms with Gasteiger partial charge < -0.3 is 10.4 Å². The lowest BCUT2D eigenvalue weighted by molar-refractivity contribution is -0.148. The van der Waals surface area contributed by atoms with Gasteiger partial charge >= 0.3 is 5.97 Å². The summed E-state index contributed by atoms with van der Waals surface area (Å²) in [5.74, 6) is -0.988. The smallest absolute Gasteiger partial charge is 0.308 e. The Bertz CT molecular complexity index is 1180. The lowest BCUT2D eigenvalue weighted by atomic mass is 9.61. The van der Waals surface area contributed by atoms with Gasteiger partial charge in [0.25, 0.3) is 0 Å². The number of benzene rings is 1. The summed E-state index contributed by atoms with van der Waals surface area (Å²) >= 11 is 0. The Labute approximate surface area is 169 Å². The van der Waals surface area contributed by atoms with Gasteiger partial charge in [-0.25, -0.2) is 18.7 Å². The summed E-state index contributed by atoms with van der Waals surface area (Å²) < 4.78 is 28.6. The van der Waals surface area contributed by atoms with Crippen LogP contribution in [0.1, 0.15) is 19.3 Å². The van der Waals surface area contributed by atoms with E-state index in [1.165, 1.54) is 6.07 Å². The highest BCUT2D eigenvalue weighted by Crippen LogP contribution is 2.64. The first-order valence-corrected chi connectivity index (χ1v) is 10.2. The average Bonchev–Trinajstić information content (AvgIpc) is 3.44. The molecule has 7 nitrogen and oxygen atoms in total. The van der Waals surface area contributed by atoms with Gasteiger partial charge in [-0.15, -0.1) is 0 Å². The summed E-state index contributed by atoms with van der Waals surface area (Å²) in [6.45, 7) is 0. The molecule has 1 unspecified atom stereocenters.